The molecule has 2 aromatic carbocycles. The van der Waals surface area contributed by atoms with E-state index in [2.05, 4.69) is 60.6 Å². The predicted molar refractivity (Wildman–Crippen MR) is 171 cm³/mol. The third-order valence-corrected chi connectivity index (χ3v) is 6.90. The van der Waals surface area contributed by atoms with Crippen molar-refractivity contribution >= 4 is 31.8 Å². The molecule has 0 spiro atoms. The summed E-state index contributed by atoms with van der Waals surface area (Å²) in [5.41, 5.74) is 13.5. The Labute approximate surface area is 237 Å². The molecule has 2 unspecified atom stereocenters. The van der Waals surface area contributed by atoms with Crippen LogP contribution in [0.4, 0.5) is 5.82 Å². The molecule has 7 heteroatoms. The van der Waals surface area contributed by atoms with Crippen molar-refractivity contribution in [3.63, 3.8) is 0 Å². The number of hydrogen-bond donors (Lipinski definition) is 1. The zero-order valence-corrected chi connectivity index (χ0v) is 26.1. The SMILES string of the molecule is C=C(C)c1c(C(C)=NC)c(P)n(-c2ccc(OCC)cc2)c1N.CCC.CCC(C)c1ccc2c(c1)OCO2. The summed E-state index contributed by atoms with van der Waals surface area (Å²) in [5.74, 6) is 3.86. The standard InChI is InChI=1S/C18H24N3OP.C11H14O2.C3H8/c1-6-22-14-9-7-13(8-10-14)21-17(19)15(11(2)3)16(18(21)23)12(4)20-5;1-3-8(2)9-4-5-10-11(6-9)13-7-12-10;1-3-2/h7-10H,2,6,19,23H2,1,3-5H3;4-6,8H,3,7H2,1-2H3;3H2,1-2H3. The Bertz CT molecular complexity index is 1260. The van der Waals surface area contributed by atoms with Crippen LogP contribution in [0.1, 0.15) is 83.9 Å². The lowest BCUT2D eigenvalue weighted by molar-refractivity contribution is 0.174. The molecule has 0 amide bonds. The van der Waals surface area contributed by atoms with Gasteiger partial charge in [-0.2, -0.15) is 0 Å². The summed E-state index contributed by atoms with van der Waals surface area (Å²) in [4.78, 5) is 4.32. The predicted octanol–water partition coefficient (Wildman–Crippen LogP) is 7.78. The summed E-state index contributed by atoms with van der Waals surface area (Å²) in [7, 11) is 4.56. The molecule has 1 aromatic heterocycles. The number of aromatic nitrogens is 1. The summed E-state index contributed by atoms with van der Waals surface area (Å²) in [6.07, 6.45) is 2.40. The van der Waals surface area contributed by atoms with Crippen LogP contribution in [0.15, 0.2) is 54.0 Å². The molecule has 0 aliphatic carbocycles. The molecule has 1 aliphatic heterocycles. The molecule has 2 atom stereocenters. The first-order valence-corrected chi connectivity index (χ1v) is 14.2. The first-order chi connectivity index (χ1) is 18.6. The van der Waals surface area contributed by atoms with E-state index in [0.717, 1.165) is 57.2 Å². The number of aliphatic imine (C=N–C) groups is 1. The fraction of sp³-hybridized carbons (Fsp3) is 0.406. The van der Waals surface area contributed by atoms with Gasteiger partial charge in [-0.25, -0.2) is 0 Å². The molecule has 39 heavy (non-hydrogen) atoms. The summed E-state index contributed by atoms with van der Waals surface area (Å²) >= 11 is 0. The van der Waals surface area contributed by atoms with Crippen LogP contribution in [0.2, 0.25) is 0 Å². The summed E-state index contributed by atoms with van der Waals surface area (Å²) < 4.78 is 18.1. The number of benzene rings is 2. The molecule has 6 nitrogen and oxygen atoms in total. The molecule has 2 N–H and O–H groups in total. The summed E-state index contributed by atoms with van der Waals surface area (Å²) in [6, 6.07) is 14.1. The van der Waals surface area contributed by atoms with Gasteiger partial charge in [0.25, 0.3) is 0 Å². The van der Waals surface area contributed by atoms with E-state index >= 15 is 0 Å². The number of hydrogen-bond acceptors (Lipinski definition) is 5. The molecule has 0 saturated carbocycles. The molecule has 2 heterocycles. The zero-order chi connectivity index (χ0) is 29.1. The second-order valence-electron chi connectivity index (χ2n) is 9.50. The topological polar surface area (TPSA) is 71.0 Å². The minimum absolute atomic E-state index is 0.360. The molecular weight excluding hydrogens is 505 g/mol. The Hall–Kier alpha value is -3.24. The second-order valence-corrected chi connectivity index (χ2v) is 10.0. The lowest BCUT2D eigenvalue weighted by Crippen LogP contribution is -2.15. The third kappa shape index (κ3) is 7.89. The summed E-state index contributed by atoms with van der Waals surface area (Å²) in [6.45, 7) is 19.7. The van der Waals surface area contributed by atoms with Crippen molar-refractivity contribution in [3.05, 3.63) is 65.7 Å². The molecule has 3 aromatic rings. The maximum atomic E-state index is 6.43. The van der Waals surface area contributed by atoms with E-state index < -0.39 is 0 Å². The van der Waals surface area contributed by atoms with E-state index in [1.165, 1.54) is 12.0 Å². The van der Waals surface area contributed by atoms with Gasteiger partial charge in [-0.15, -0.1) is 0 Å². The van der Waals surface area contributed by atoms with E-state index in [1.54, 1.807) is 7.05 Å². The minimum atomic E-state index is 0.360. The zero-order valence-electron chi connectivity index (χ0n) is 24.9. The molecule has 0 radical (unpaired) electrons. The molecule has 0 saturated heterocycles. The number of rotatable bonds is 7. The van der Waals surface area contributed by atoms with Gasteiger partial charge in [0.15, 0.2) is 11.5 Å². The van der Waals surface area contributed by atoms with Gasteiger partial charge in [0, 0.05) is 29.6 Å². The molecule has 1 aliphatic rings. The molecule has 0 bridgehead atoms. The van der Waals surface area contributed by atoms with Crippen LogP contribution in [0, 0.1) is 0 Å². The van der Waals surface area contributed by atoms with Gasteiger partial charge in [-0.1, -0.05) is 56.0 Å². The van der Waals surface area contributed by atoms with Crippen molar-refractivity contribution in [2.45, 2.75) is 67.2 Å². The van der Waals surface area contributed by atoms with Gasteiger partial charge in [0.2, 0.25) is 6.79 Å². The van der Waals surface area contributed by atoms with Gasteiger partial charge in [0.05, 0.1) is 12.0 Å². The van der Waals surface area contributed by atoms with E-state index in [1.807, 2.05) is 55.7 Å². The fourth-order valence-electron chi connectivity index (χ4n) is 4.11. The quantitative estimate of drug-likeness (QED) is 0.240. The van der Waals surface area contributed by atoms with Gasteiger partial charge < -0.3 is 19.9 Å². The van der Waals surface area contributed by atoms with Crippen LogP contribution in [-0.4, -0.2) is 30.7 Å². The Kier molecular flexibility index (Phi) is 12.6. The van der Waals surface area contributed by atoms with E-state index in [0.29, 0.717) is 25.1 Å². The van der Waals surface area contributed by atoms with Gasteiger partial charge in [-0.3, -0.25) is 9.56 Å². The number of ether oxygens (including phenoxy) is 3. The van der Waals surface area contributed by atoms with Gasteiger partial charge in [0.1, 0.15) is 11.6 Å². The average Bonchev–Trinajstić information content (AvgIpc) is 3.50. The number of allylic oxidation sites excluding steroid dienone is 1. The van der Waals surface area contributed by atoms with Crippen LogP contribution in [0.5, 0.6) is 17.2 Å². The highest BCUT2D eigenvalue weighted by Crippen LogP contribution is 2.35. The van der Waals surface area contributed by atoms with Crippen molar-refractivity contribution in [1.82, 2.24) is 4.57 Å². The van der Waals surface area contributed by atoms with Gasteiger partial charge in [-0.05, 0) is 80.6 Å². The highest BCUT2D eigenvalue weighted by molar-refractivity contribution is 7.27. The Morgan fingerprint density at radius 1 is 1.05 bits per heavy atom. The highest BCUT2D eigenvalue weighted by atomic mass is 31.0. The van der Waals surface area contributed by atoms with Crippen molar-refractivity contribution < 1.29 is 14.2 Å². The first-order valence-electron chi connectivity index (χ1n) is 13.7. The Balaban J connectivity index is 0.000000279. The fourth-order valence-corrected chi connectivity index (χ4v) is 4.75. The largest absolute Gasteiger partial charge is 0.494 e. The van der Waals surface area contributed by atoms with Crippen LogP contribution in [-0.2, 0) is 0 Å². The monoisotopic (exact) mass is 551 g/mol. The van der Waals surface area contributed by atoms with Crippen LogP contribution in [0.3, 0.4) is 0 Å². The van der Waals surface area contributed by atoms with E-state index in [-0.39, 0.29) is 0 Å². The molecule has 212 valence electrons. The molecule has 0 fully saturated rings. The number of nitrogens with two attached hydrogens (primary N) is 1. The van der Waals surface area contributed by atoms with E-state index in [4.69, 9.17) is 19.9 Å². The van der Waals surface area contributed by atoms with Gasteiger partial charge >= 0.3 is 0 Å². The normalized spacial score (nSPS) is 12.6. The van der Waals surface area contributed by atoms with Crippen molar-refractivity contribution in [1.29, 1.82) is 0 Å². The lowest BCUT2D eigenvalue weighted by atomic mass is 9.98. The minimum Gasteiger partial charge on any atom is -0.494 e. The van der Waals surface area contributed by atoms with Crippen LogP contribution < -0.4 is 25.4 Å². The van der Waals surface area contributed by atoms with Crippen molar-refractivity contribution in [3.8, 4) is 22.9 Å². The second kappa shape index (κ2) is 15.4. The maximum Gasteiger partial charge on any atom is 0.231 e. The Morgan fingerprint density at radius 3 is 2.21 bits per heavy atom. The van der Waals surface area contributed by atoms with Crippen LogP contribution in [0.25, 0.3) is 11.3 Å². The smallest absolute Gasteiger partial charge is 0.231 e. The first kappa shape index (κ1) is 32.0. The number of nitrogens with zero attached hydrogens (tertiary/aromatic N) is 2. The lowest BCUT2D eigenvalue weighted by Gasteiger charge is -2.11. The maximum absolute atomic E-state index is 6.43. The van der Waals surface area contributed by atoms with Crippen molar-refractivity contribution in [2.75, 3.05) is 26.2 Å². The highest BCUT2D eigenvalue weighted by Gasteiger charge is 2.21. The van der Waals surface area contributed by atoms with E-state index in [9.17, 15) is 0 Å². The third-order valence-electron chi connectivity index (χ3n) is 6.35. The number of fused-ring (bicyclic) bond motifs is 1. The molecule has 4 rings (SSSR count). The van der Waals surface area contributed by atoms with Crippen molar-refractivity contribution in [2.24, 2.45) is 4.99 Å². The summed E-state index contributed by atoms with van der Waals surface area (Å²) in [5, 5.41) is 0. The van der Waals surface area contributed by atoms with Crippen LogP contribution >= 0.6 is 9.24 Å². The molecular formula is C32H46N3O3P. The number of anilines is 1. The number of nitrogen functional groups attached to an aromatic ring is 1. The average molecular weight is 552 g/mol. The Morgan fingerprint density at radius 2 is 1.67 bits per heavy atom.